The van der Waals surface area contributed by atoms with Crippen LogP contribution in [-0.2, 0) is 0 Å². The molecule has 0 bridgehead atoms. The fourth-order valence-electron chi connectivity index (χ4n) is 3.21. The van der Waals surface area contributed by atoms with Gasteiger partial charge in [0, 0.05) is 25.7 Å². The lowest BCUT2D eigenvalue weighted by Crippen LogP contribution is -2.63. The highest BCUT2D eigenvalue weighted by Gasteiger charge is 2.51. The molecule has 1 aliphatic heterocycles. The van der Waals surface area contributed by atoms with Gasteiger partial charge in [0.2, 0.25) is 5.78 Å². The largest absolute Gasteiger partial charge is 0.497 e. The summed E-state index contributed by atoms with van der Waals surface area (Å²) in [5.74, 6) is 0.296. The van der Waals surface area contributed by atoms with Crippen molar-refractivity contribution >= 4 is 11.8 Å². The normalized spacial score (nSPS) is 23.3. The standard InChI is InChI=1S/C18H23N3O3/c1-13-6-5-11-18(12-19,21(13)17(23)20(2)3)16(22)14-7-9-15(24-4)10-8-14/h7-10,13H,5-6,11H2,1-4H3/t13-,18+/m0/s1. The van der Waals surface area contributed by atoms with Crippen LogP contribution in [0.15, 0.2) is 24.3 Å². The quantitative estimate of drug-likeness (QED) is 0.799. The summed E-state index contributed by atoms with van der Waals surface area (Å²) in [7, 11) is 4.81. The summed E-state index contributed by atoms with van der Waals surface area (Å²) in [5, 5.41) is 9.88. The topological polar surface area (TPSA) is 73.6 Å². The number of benzene rings is 1. The van der Waals surface area contributed by atoms with E-state index in [1.54, 1.807) is 45.5 Å². The molecule has 0 radical (unpaired) electrons. The van der Waals surface area contributed by atoms with E-state index in [-0.39, 0.29) is 17.9 Å². The molecule has 1 aromatic rings. The van der Waals surface area contributed by atoms with Gasteiger partial charge in [-0.05, 0) is 50.5 Å². The molecule has 0 N–H and O–H groups in total. The molecule has 6 heteroatoms. The van der Waals surface area contributed by atoms with E-state index in [1.807, 2.05) is 6.92 Å². The number of methoxy groups -OCH3 is 1. The number of nitriles is 1. The molecule has 0 spiro atoms. The van der Waals surface area contributed by atoms with Crippen LogP contribution >= 0.6 is 0 Å². The third-order valence-corrected chi connectivity index (χ3v) is 4.51. The number of urea groups is 1. The van der Waals surface area contributed by atoms with Crippen molar-refractivity contribution in [2.24, 2.45) is 0 Å². The third kappa shape index (κ3) is 2.94. The van der Waals surface area contributed by atoms with E-state index in [0.717, 1.165) is 12.8 Å². The van der Waals surface area contributed by atoms with Gasteiger partial charge in [-0.3, -0.25) is 9.69 Å². The molecule has 1 saturated heterocycles. The zero-order valence-electron chi connectivity index (χ0n) is 14.6. The lowest BCUT2D eigenvalue weighted by molar-refractivity contribution is 0.0464. The van der Waals surface area contributed by atoms with Crippen LogP contribution in [0.2, 0.25) is 0 Å². The second-order valence-electron chi connectivity index (χ2n) is 6.32. The Labute approximate surface area is 142 Å². The highest BCUT2D eigenvalue weighted by Crippen LogP contribution is 2.35. The first-order chi connectivity index (χ1) is 11.4. The van der Waals surface area contributed by atoms with E-state index in [2.05, 4.69) is 6.07 Å². The molecule has 2 amide bonds. The van der Waals surface area contributed by atoms with Crippen LogP contribution in [0.5, 0.6) is 5.75 Å². The number of Topliss-reactive ketones (excluding diaryl/α,β-unsaturated/α-hetero) is 1. The minimum Gasteiger partial charge on any atom is -0.497 e. The van der Waals surface area contributed by atoms with Crippen molar-refractivity contribution in [3.63, 3.8) is 0 Å². The molecule has 24 heavy (non-hydrogen) atoms. The summed E-state index contributed by atoms with van der Waals surface area (Å²) in [6.45, 7) is 1.88. The molecule has 1 aliphatic rings. The van der Waals surface area contributed by atoms with E-state index in [1.165, 1.54) is 9.80 Å². The Bertz CT molecular complexity index is 663. The average Bonchev–Trinajstić information content (AvgIpc) is 2.60. The van der Waals surface area contributed by atoms with Crippen LogP contribution in [-0.4, -0.2) is 54.4 Å². The van der Waals surface area contributed by atoms with Gasteiger partial charge in [-0.2, -0.15) is 5.26 Å². The van der Waals surface area contributed by atoms with Gasteiger partial charge in [0.25, 0.3) is 0 Å². The molecule has 1 aromatic carbocycles. The minimum absolute atomic E-state index is 0.171. The van der Waals surface area contributed by atoms with Crippen molar-refractivity contribution in [3.8, 4) is 11.8 Å². The molecule has 0 saturated carbocycles. The molecule has 0 aliphatic carbocycles. The number of carbonyl (C=O) groups is 2. The van der Waals surface area contributed by atoms with Gasteiger partial charge in [0.05, 0.1) is 13.2 Å². The number of likely N-dealkylation sites (tertiary alicyclic amines) is 1. The number of ether oxygens (including phenoxy) is 1. The molecule has 1 heterocycles. The van der Waals surface area contributed by atoms with E-state index >= 15 is 0 Å². The summed E-state index contributed by atoms with van der Waals surface area (Å²) >= 11 is 0. The van der Waals surface area contributed by atoms with Gasteiger partial charge in [-0.25, -0.2) is 4.79 Å². The predicted molar refractivity (Wildman–Crippen MR) is 89.9 cm³/mol. The number of ketones is 1. The van der Waals surface area contributed by atoms with E-state index in [0.29, 0.717) is 17.7 Å². The fourth-order valence-corrected chi connectivity index (χ4v) is 3.21. The lowest BCUT2D eigenvalue weighted by Gasteiger charge is -2.46. The number of amides is 2. The maximum absolute atomic E-state index is 13.2. The van der Waals surface area contributed by atoms with Gasteiger partial charge in [0.15, 0.2) is 5.54 Å². The van der Waals surface area contributed by atoms with Gasteiger partial charge < -0.3 is 9.64 Å². The van der Waals surface area contributed by atoms with Crippen LogP contribution < -0.4 is 4.74 Å². The molecule has 1 fully saturated rings. The number of rotatable bonds is 3. The van der Waals surface area contributed by atoms with Crippen LogP contribution in [0, 0.1) is 11.3 Å². The second kappa shape index (κ2) is 6.91. The van der Waals surface area contributed by atoms with Crippen molar-refractivity contribution in [3.05, 3.63) is 29.8 Å². The fraction of sp³-hybridized carbons (Fsp3) is 0.500. The Morgan fingerprint density at radius 2 is 1.96 bits per heavy atom. The summed E-state index contributed by atoms with van der Waals surface area (Å²) in [4.78, 5) is 28.7. The van der Waals surface area contributed by atoms with Crippen LogP contribution in [0.4, 0.5) is 4.79 Å². The molecule has 2 atom stereocenters. The highest BCUT2D eigenvalue weighted by molar-refractivity contribution is 6.07. The van der Waals surface area contributed by atoms with Gasteiger partial charge in [-0.15, -0.1) is 0 Å². The van der Waals surface area contributed by atoms with Crippen molar-refractivity contribution in [2.45, 2.75) is 37.8 Å². The van der Waals surface area contributed by atoms with Crippen LogP contribution in [0.3, 0.4) is 0 Å². The number of hydrogen-bond acceptors (Lipinski definition) is 4. The monoisotopic (exact) mass is 329 g/mol. The number of piperidine rings is 1. The summed E-state index contributed by atoms with van der Waals surface area (Å²) < 4.78 is 5.11. The van der Waals surface area contributed by atoms with Gasteiger partial charge in [0.1, 0.15) is 5.75 Å². The first-order valence-electron chi connectivity index (χ1n) is 7.98. The summed E-state index contributed by atoms with van der Waals surface area (Å²) in [5.41, 5.74) is -1.06. The van der Waals surface area contributed by atoms with E-state index in [4.69, 9.17) is 4.74 Å². The second-order valence-corrected chi connectivity index (χ2v) is 6.32. The Morgan fingerprint density at radius 1 is 1.33 bits per heavy atom. The number of nitrogens with zero attached hydrogens (tertiary/aromatic N) is 3. The predicted octanol–water partition coefficient (Wildman–Crippen LogP) is 2.70. The van der Waals surface area contributed by atoms with E-state index < -0.39 is 5.54 Å². The summed E-state index contributed by atoms with van der Waals surface area (Å²) in [6, 6.07) is 8.31. The van der Waals surface area contributed by atoms with Gasteiger partial charge in [-0.1, -0.05) is 0 Å². The first-order valence-corrected chi connectivity index (χ1v) is 7.98. The highest BCUT2D eigenvalue weighted by atomic mass is 16.5. The van der Waals surface area contributed by atoms with E-state index in [9.17, 15) is 14.9 Å². The van der Waals surface area contributed by atoms with Crippen LogP contribution in [0.1, 0.15) is 36.5 Å². The van der Waals surface area contributed by atoms with Crippen LogP contribution in [0.25, 0.3) is 0 Å². The SMILES string of the molecule is COc1ccc(C(=O)[C@]2(C#N)CCC[C@H](C)N2C(=O)N(C)C)cc1. The average molecular weight is 329 g/mol. The Hall–Kier alpha value is -2.55. The zero-order valence-corrected chi connectivity index (χ0v) is 14.6. The molecular weight excluding hydrogens is 306 g/mol. The van der Waals surface area contributed by atoms with Gasteiger partial charge >= 0.3 is 6.03 Å². The number of carbonyl (C=O) groups excluding carboxylic acids is 2. The number of hydrogen-bond donors (Lipinski definition) is 0. The van der Waals surface area contributed by atoms with Crippen molar-refractivity contribution < 1.29 is 14.3 Å². The van der Waals surface area contributed by atoms with Crippen molar-refractivity contribution in [1.29, 1.82) is 5.26 Å². The maximum Gasteiger partial charge on any atom is 0.321 e. The molecule has 0 unspecified atom stereocenters. The van der Waals surface area contributed by atoms with Crippen molar-refractivity contribution in [2.75, 3.05) is 21.2 Å². The molecule has 6 nitrogen and oxygen atoms in total. The minimum atomic E-state index is -1.46. The van der Waals surface area contributed by atoms with Crippen molar-refractivity contribution in [1.82, 2.24) is 9.80 Å². The molecule has 128 valence electrons. The first kappa shape index (κ1) is 17.8. The Kier molecular flexibility index (Phi) is 5.13. The Balaban J connectivity index is 2.48. The molecule has 2 rings (SSSR count). The molecular formula is C18H23N3O3. The maximum atomic E-state index is 13.2. The Morgan fingerprint density at radius 3 is 2.46 bits per heavy atom. The smallest absolute Gasteiger partial charge is 0.321 e. The third-order valence-electron chi connectivity index (χ3n) is 4.51. The lowest BCUT2D eigenvalue weighted by atomic mass is 9.79. The zero-order chi connectivity index (χ0) is 17.9. The molecule has 0 aromatic heterocycles. The summed E-state index contributed by atoms with van der Waals surface area (Å²) in [6.07, 6.45) is 1.85.